The minimum atomic E-state index is -1.48. The van der Waals surface area contributed by atoms with E-state index < -0.39 is 16.6 Å². The Bertz CT molecular complexity index is 511. The number of hydrogen-bond acceptors (Lipinski definition) is 3. The molecule has 0 aliphatic heterocycles. The molecule has 1 aromatic rings. The van der Waals surface area contributed by atoms with Gasteiger partial charge in [-0.2, -0.15) is 5.26 Å². The van der Waals surface area contributed by atoms with Gasteiger partial charge >= 0.3 is 0 Å². The van der Waals surface area contributed by atoms with Crippen molar-refractivity contribution in [2.24, 2.45) is 0 Å². The van der Waals surface area contributed by atoms with Crippen LogP contribution in [0.1, 0.15) is 18.1 Å². The van der Waals surface area contributed by atoms with Crippen molar-refractivity contribution in [1.29, 1.82) is 5.26 Å². The maximum atomic E-state index is 13.7. The topological polar surface area (TPSA) is 70.0 Å². The predicted molar refractivity (Wildman–Crippen MR) is 66.5 cm³/mol. The fourth-order valence-electron chi connectivity index (χ4n) is 1.40. The lowest BCUT2D eigenvalue weighted by atomic mass is 10.1. The normalized spacial score (nSPS) is 11.6. The lowest BCUT2D eigenvalue weighted by Crippen LogP contribution is -2.28. The molecular weight excluding hydrogens is 255 g/mol. The molecule has 0 radical (unpaired) electrons. The second-order valence-electron chi connectivity index (χ2n) is 3.57. The van der Waals surface area contributed by atoms with Gasteiger partial charge in [-0.15, -0.1) is 0 Å². The van der Waals surface area contributed by atoms with Gasteiger partial charge in [0.1, 0.15) is 17.6 Å². The van der Waals surface area contributed by atoms with Crippen LogP contribution in [0.15, 0.2) is 18.2 Å². The highest BCUT2D eigenvalue weighted by atomic mass is 32.2. The summed E-state index contributed by atoms with van der Waals surface area (Å²) in [6.45, 7) is 2.23. The summed E-state index contributed by atoms with van der Waals surface area (Å²) < 4.78 is 25.3. The number of carbonyl (C=O) groups is 1. The number of halogens is 1. The van der Waals surface area contributed by atoms with Crippen molar-refractivity contribution in [2.75, 3.05) is 12.3 Å². The Labute approximate surface area is 107 Å². The maximum absolute atomic E-state index is 13.7. The standard InChI is InChI=1S/C12H13FN2O2S/c1-2-15-11(16)8-18(17)7-10-5-3-4-9(6-14)12(10)13/h3-5H,2,7-8H2,1H3,(H,15,16). The Morgan fingerprint density at radius 2 is 2.28 bits per heavy atom. The molecule has 18 heavy (non-hydrogen) atoms. The number of rotatable bonds is 5. The summed E-state index contributed by atoms with van der Waals surface area (Å²) in [5.41, 5.74) is 0.110. The average molecular weight is 268 g/mol. The summed E-state index contributed by atoms with van der Waals surface area (Å²) in [5, 5.41) is 11.2. The highest BCUT2D eigenvalue weighted by molar-refractivity contribution is 7.84. The molecule has 96 valence electrons. The first-order valence-electron chi connectivity index (χ1n) is 5.37. The van der Waals surface area contributed by atoms with Gasteiger partial charge in [-0.1, -0.05) is 12.1 Å². The molecular formula is C12H13FN2O2S. The van der Waals surface area contributed by atoms with Crippen LogP contribution in [0.2, 0.25) is 0 Å². The quantitative estimate of drug-likeness (QED) is 0.868. The zero-order valence-electron chi connectivity index (χ0n) is 9.90. The first kappa shape index (κ1) is 14.3. The van der Waals surface area contributed by atoms with E-state index in [1.165, 1.54) is 18.2 Å². The Balaban J connectivity index is 2.71. The molecule has 1 aromatic carbocycles. The summed E-state index contributed by atoms with van der Waals surface area (Å²) in [7, 11) is -1.48. The van der Waals surface area contributed by atoms with Crippen LogP contribution in [0.4, 0.5) is 4.39 Å². The smallest absolute Gasteiger partial charge is 0.232 e. The van der Waals surface area contributed by atoms with E-state index in [1.807, 2.05) is 0 Å². The number of nitrogens with one attached hydrogen (secondary N) is 1. The van der Waals surface area contributed by atoms with Crippen LogP contribution in [0, 0.1) is 17.1 Å². The molecule has 0 bridgehead atoms. The maximum Gasteiger partial charge on any atom is 0.232 e. The third-order valence-electron chi connectivity index (χ3n) is 2.18. The molecule has 1 amide bonds. The molecule has 0 spiro atoms. The zero-order chi connectivity index (χ0) is 13.5. The fraction of sp³-hybridized carbons (Fsp3) is 0.333. The zero-order valence-corrected chi connectivity index (χ0v) is 10.7. The number of nitriles is 1. The number of benzene rings is 1. The Kier molecular flexibility index (Phi) is 5.46. The van der Waals surface area contributed by atoms with Crippen molar-refractivity contribution in [3.8, 4) is 6.07 Å². The van der Waals surface area contributed by atoms with Gasteiger partial charge in [0.2, 0.25) is 5.91 Å². The van der Waals surface area contributed by atoms with E-state index in [9.17, 15) is 13.4 Å². The lowest BCUT2D eigenvalue weighted by molar-refractivity contribution is -0.118. The van der Waals surface area contributed by atoms with Crippen LogP contribution in [-0.4, -0.2) is 22.4 Å². The molecule has 1 rings (SSSR count). The van der Waals surface area contributed by atoms with Gasteiger partial charge in [0.25, 0.3) is 0 Å². The SMILES string of the molecule is CCNC(=O)CS(=O)Cc1cccc(C#N)c1F. The molecule has 1 N–H and O–H groups in total. The average Bonchev–Trinajstić information content (AvgIpc) is 2.32. The second kappa shape index (κ2) is 6.87. The van der Waals surface area contributed by atoms with E-state index in [1.54, 1.807) is 13.0 Å². The summed E-state index contributed by atoms with van der Waals surface area (Å²) in [5.74, 6) is -1.22. The third kappa shape index (κ3) is 3.93. The fourth-order valence-corrected chi connectivity index (χ4v) is 2.46. The largest absolute Gasteiger partial charge is 0.356 e. The Hall–Kier alpha value is -1.74. The monoisotopic (exact) mass is 268 g/mol. The molecule has 1 unspecified atom stereocenters. The minimum absolute atomic E-state index is 0.0709. The molecule has 0 saturated carbocycles. The number of hydrogen-bond donors (Lipinski definition) is 1. The Morgan fingerprint density at radius 1 is 1.56 bits per heavy atom. The van der Waals surface area contributed by atoms with Gasteiger partial charge in [-0.05, 0) is 13.0 Å². The molecule has 0 aliphatic carbocycles. The third-order valence-corrected chi connectivity index (χ3v) is 3.40. The van der Waals surface area contributed by atoms with Crippen LogP contribution in [-0.2, 0) is 21.3 Å². The van der Waals surface area contributed by atoms with E-state index in [4.69, 9.17) is 5.26 Å². The van der Waals surface area contributed by atoms with Crippen molar-refractivity contribution < 1.29 is 13.4 Å². The summed E-state index contributed by atoms with van der Waals surface area (Å²) in [6.07, 6.45) is 0. The molecule has 0 aromatic heterocycles. The van der Waals surface area contributed by atoms with Crippen molar-refractivity contribution in [1.82, 2.24) is 5.32 Å². The predicted octanol–water partition coefficient (Wildman–Crippen LogP) is 1.08. The van der Waals surface area contributed by atoms with E-state index in [-0.39, 0.29) is 28.5 Å². The van der Waals surface area contributed by atoms with E-state index in [0.29, 0.717) is 6.54 Å². The van der Waals surface area contributed by atoms with Crippen molar-refractivity contribution in [3.63, 3.8) is 0 Å². The Morgan fingerprint density at radius 3 is 2.89 bits per heavy atom. The van der Waals surface area contributed by atoms with Gasteiger partial charge in [0.15, 0.2) is 0 Å². The molecule has 0 saturated heterocycles. The van der Waals surface area contributed by atoms with Crippen LogP contribution in [0.25, 0.3) is 0 Å². The second-order valence-corrected chi connectivity index (χ2v) is 5.03. The molecule has 6 heteroatoms. The van der Waals surface area contributed by atoms with Crippen molar-refractivity contribution >= 4 is 16.7 Å². The highest BCUT2D eigenvalue weighted by Gasteiger charge is 2.12. The van der Waals surface area contributed by atoms with Crippen LogP contribution in [0.5, 0.6) is 0 Å². The minimum Gasteiger partial charge on any atom is -0.356 e. The molecule has 0 fully saturated rings. The first-order valence-corrected chi connectivity index (χ1v) is 6.86. The number of nitrogens with zero attached hydrogens (tertiary/aromatic N) is 1. The van der Waals surface area contributed by atoms with Crippen LogP contribution in [0.3, 0.4) is 0 Å². The van der Waals surface area contributed by atoms with E-state index >= 15 is 0 Å². The molecule has 0 heterocycles. The van der Waals surface area contributed by atoms with Crippen molar-refractivity contribution in [2.45, 2.75) is 12.7 Å². The van der Waals surface area contributed by atoms with E-state index in [0.717, 1.165) is 0 Å². The van der Waals surface area contributed by atoms with Gasteiger partial charge < -0.3 is 5.32 Å². The molecule has 4 nitrogen and oxygen atoms in total. The van der Waals surface area contributed by atoms with Gasteiger partial charge in [-0.25, -0.2) is 4.39 Å². The van der Waals surface area contributed by atoms with Crippen LogP contribution < -0.4 is 5.32 Å². The van der Waals surface area contributed by atoms with E-state index in [2.05, 4.69) is 5.32 Å². The molecule has 0 aliphatic rings. The number of amides is 1. The summed E-state index contributed by atoms with van der Waals surface area (Å²) >= 11 is 0. The highest BCUT2D eigenvalue weighted by Crippen LogP contribution is 2.14. The summed E-state index contributed by atoms with van der Waals surface area (Å²) in [6, 6.07) is 6.06. The first-order chi connectivity index (χ1) is 8.58. The van der Waals surface area contributed by atoms with Gasteiger partial charge in [0, 0.05) is 22.9 Å². The van der Waals surface area contributed by atoms with Gasteiger partial charge in [-0.3, -0.25) is 9.00 Å². The van der Waals surface area contributed by atoms with Crippen LogP contribution >= 0.6 is 0 Å². The van der Waals surface area contributed by atoms with Gasteiger partial charge in [0.05, 0.1) is 11.3 Å². The lowest BCUT2D eigenvalue weighted by Gasteiger charge is -2.05. The summed E-state index contributed by atoms with van der Waals surface area (Å²) in [4.78, 5) is 11.2. The number of carbonyl (C=O) groups excluding carboxylic acids is 1. The molecule has 1 atom stereocenters. The van der Waals surface area contributed by atoms with Crippen molar-refractivity contribution in [3.05, 3.63) is 35.1 Å².